The molecule has 8 aromatic rings. The number of fused-ring (bicyclic) bond motifs is 6. The SMILES string of the molecule is c1ccc(-c2c3ccccc3c(-c3cccc(-c4ccc5c6c4Oc4ccccc4B6c4ccccc4O5)c3)c3ccccc23)cc1. The van der Waals surface area contributed by atoms with E-state index in [0.717, 1.165) is 39.6 Å². The molecule has 218 valence electrons. The fraction of sp³-hybridized carbons (Fsp3) is 0. The van der Waals surface area contributed by atoms with Gasteiger partial charge >= 0.3 is 0 Å². The van der Waals surface area contributed by atoms with Crippen LogP contribution in [0.4, 0.5) is 0 Å². The van der Waals surface area contributed by atoms with Gasteiger partial charge in [-0.3, -0.25) is 0 Å². The van der Waals surface area contributed by atoms with E-state index in [9.17, 15) is 0 Å². The van der Waals surface area contributed by atoms with Crippen LogP contribution < -0.4 is 25.9 Å². The number of hydrogen-bond acceptors (Lipinski definition) is 2. The molecule has 0 radical (unpaired) electrons. The third-order valence-electron chi connectivity index (χ3n) is 9.79. The summed E-state index contributed by atoms with van der Waals surface area (Å²) in [7, 11) is 0. The second-order valence-corrected chi connectivity index (χ2v) is 12.4. The van der Waals surface area contributed by atoms with Gasteiger partial charge in [-0.25, -0.2) is 0 Å². The first-order valence-electron chi connectivity index (χ1n) is 16.1. The highest BCUT2D eigenvalue weighted by atomic mass is 16.5. The molecule has 2 aliphatic heterocycles. The summed E-state index contributed by atoms with van der Waals surface area (Å²) >= 11 is 0. The first-order chi connectivity index (χ1) is 23.3. The van der Waals surface area contributed by atoms with Crippen molar-refractivity contribution in [2.45, 2.75) is 0 Å². The van der Waals surface area contributed by atoms with Gasteiger partial charge in [0.15, 0.2) is 0 Å². The van der Waals surface area contributed by atoms with E-state index in [1.165, 1.54) is 54.7 Å². The first kappa shape index (κ1) is 26.2. The van der Waals surface area contributed by atoms with Crippen molar-refractivity contribution in [3.8, 4) is 56.4 Å². The molecule has 8 aromatic carbocycles. The van der Waals surface area contributed by atoms with Crippen LogP contribution in [0.5, 0.6) is 23.0 Å². The lowest BCUT2D eigenvalue weighted by molar-refractivity contribution is 0.465. The van der Waals surface area contributed by atoms with Crippen LogP contribution >= 0.6 is 0 Å². The monoisotopic (exact) mass is 598 g/mol. The average molecular weight is 599 g/mol. The fourth-order valence-electron chi connectivity index (χ4n) is 7.81. The van der Waals surface area contributed by atoms with Crippen molar-refractivity contribution >= 4 is 44.6 Å². The summed E-state index contributed by atoms with van der Waals surface area (Å²) in [5.74, 6) is 3.52. The normalized spacial score (nSPS) is 12.6. The van der Waals surface area contributed by atoms with Crippen LogP contribution in [0.3, 0.4) is 0 Å². The van der Waals surface area contributed by atoms with Crippen molar-refractivity contribution in [3.63, 3.8) is 0 Å². The summed E-state index contributed by atoms with van der Waals surface area (Å²) in [6.07, 6.45) is 0. The Morgan fingerprint density at radius 2 is 0.872 bits per heavy atom. The maximum atomic E-state index is 6.80. The standard InChI is InChI=1S/C44H27BO2/c1-2-13-28(14-3-1)41-32-17-4-6-19-34(32)42(35-20-7-5-18-33(35)41)30-16-12-15-29(27-30)31-25-26-40-43-44(31)47-39-24-11-9-22-37(39)45(43)36-21-8-10-23-38(36)46-40/h1-27H. The molecule has 0 spiro atoms. The maximum absolute atomic E-state index is 6.80. The van der Waals surface area contributed by atoms with Gasteiger partial charge in [-0.2, -0.15) is 0 Å². The third-order valence-corrected chi connectivity index (χ3v) is 9.79. The predicted octanol–water partition coefficient (Wildman–Crippen LogP) is 9.72. The Morgan fingerprint density at radius 1 is 0.362 bits per heavy atom. The zero-order chi connectivity index (χ0) is 30.9. The lowest BCUT2D eigenvalue weighted by atomic mass is 9.34. The second-order valence-electron chi connectivity index (χ2n) is 12.4. The summed E-state index contributed by atoms with van der Waals surface area (Å²) < 4.78 is 13.3. The Bertz CT molecular complexity index is 2470. The molecule has 0 fully saturated rings. The van der Waals surface area contributed by atoms with Crippen molar-refractivity contribution in [3.05, 3.63) is 164 Å². The van der Waals surface area contributed by atoms with Crippen LogP contribution in [0.15, 0.2) is 164 Å². The first-order valence-corrected chi connectivity index (χ1v) is 16.1. The van der Waals surface area contributed by atoms with Crippen LogP contribution in [-0.2, 0) is 0 Å². The summed E-state index contributed by atoms with van der Waals surface area (Å²) in [6, 6.07) is 58.3. The molecule has 3 heteroatoms. The molecule has 0 unspecified atom stereocenters. The summed E-state index contributed by atoms with van der Waals surface area (Å²) in [5, 5.41) is 4.98. The predicted molar refractivity (Wildman–Crippen MR) is 195 cm³/mol. The van der Waals surface area contributed by atoms with Crippen molar-refractivity contribution in [1.29, 1.82) is 0 Å². The minimum absolute atomic E-state index is 0.0384. The molecule has 0 aromatic heterocycles. The molecule has 47 heavy (non-hydrogen) atoms. The average Bonchev–Trinajstić information content (AvgIpc) is 3.14. The van der Waals surface area contributed by atoms with Crippen molar-refractivity contribution in [2.24, 2.45) is 0 Å². The molecular formula is C44H27BO2. The molecule has 2 heterocycles. The lowest BCUT2D eigenvalue weighted by Crippen LogP contribution is -2.57. The molecular weight excluding hydrogens is 571 g/mol. The highest BCUT2D eigenvalue weighted by Crippen LogP contribution is 2.45. The van der Waals surface area contributed by atoms with E-state index in [2.05, 4.69) is 158 Å². The van der Waals surface area contributed by atoms with Crippen LogP contribution in [0.2, 0.25) is 0 Å². The Balaban J connectivity index is 1.20. The van der Waals surface area contributed by atoms with Crippen LogP contribution in [0.1, 0.15) is 0 Å². The number of rotatable bonds is 3. The molecule has 0 saturated carbocycles. The van der Waals surface area contributed by atoms with Crippen LogP contribution in [-0.4, -0.2) is 6.71 Å². The van der Waals surface area contributed by atoms with Gasteiger partial charge in [-0.05, 0) is 90.6 Å². The number of para-hydroxylation sites is 2. The minimum Gasteiger partial charge on any atom is -0.458 e. The second kappa shape index (κ2) is 10.2. The van der Waals surface area contributed by atoms with Crippen molar-refractivity contribution in [1.82, 2.24) is 0 Å². The molecule has 0 saturated heterocycles. The van der Waals surface area contributed by atoms with Gasteiger partial charge in [0.2, 0.25) is 0 Å². The number of hydrogen-bond donors (Lipinski definition) is 0. The van der Waals surface area contributed by atoms with Gasteiger partial charge in [0, 0.05) is 11.0 Å². The van der Waals surface area contributed by atoms with E-state index in [4.69, 9.17) is 9.47 Å². The molecule has 0 N–H and O–H groups in total. The highest BCUT2D eigenvalue weighted by Gasteiger charge is 2.40. The summed E-state index contributed by atoms with van der Waals surface area (Å²) in [6.45, 7) is 0.0384. The van der Waals surface area contributed by atoms with Crippen LogP contribution in [0.25, 0.3) is 54.9 Å². The number of benzene rings is 8. The Kier molecular flexibility index (Phi) is 5.70. The fourth-order valence-corrected chi connectivity index (χ4v) is 7.81. The molecule has 0 atom stereocenters. The zero-order valence-corrected chi connectivity index (χ0v) is 25.5. The highest BCUT2D eigenvalue weighted by molar-refractivity contribution is 6.98. The van der Waals surface area contributed by atoms with Gasteiger partial charge in [-0.15, -0.1) is 0 Å². The molecule has 2 aliphatic rings. The molecule has 0 bridgehead atoms. The molecule has 0 aliphatic carbocycles. The quantitative estimate of drug-likeness (QED) is 0.149. The summed E-state index contributed by atoms with van der Waals surface area (Å²) in [5.41, 5.74) is 10.5. The van der Waals surface area contributed by atoms with E-state index in [0.29, 0.717) is 0 Å². The van der Waals surface area contributed by atoms with Crippen molar-refractivity contribution in [2.75, 3.05) is 0 Å². The Hall–Kier alpha value is -6.06. The van der Waals surface area contributed by atoms with E-state index >= 15 is 0 Å². The Labute approximate surface area is 273 Å². The number of ether oxygens (including phenoxy) is 2. The van der Waals surface area contributed by atoms with Crippen LogP contribution in [0, 0.1) is 0 Å². The van der Waals surface area contributed by atoms with Gasteiger partial charge < -0.3 is 9.47 Å². The van der Waals surface area contributed by atoms with Gasteiger partial charge in [0.05, 0.1) is 0 Å². The molecule has 2 nitrogen and oxygen atoms in total. The van der Waals surface area contributed by atoms with Gasteiger partial charge in [-0.1, -0.05) is 133 Å². The topological polar surface area (TPSA) is 18.5 Å². The smallest absolute Gasteiger partial charge is 0.260 e. The van der Waals surface area contributed by atoms with Crippen molar-refractivity contribution < 1.29 is 9.47 Å². The third kappa shape index (κ3) is 3.93. The lowest BCUT2D eigenvalue weighted by Gasteiger charge is -2.34. The van der Waals surface area contributed by atoms with Gasteiger partial charge in [0.1, 0.15) is 23.0 Å². The summed E-state index contributed by atoms with van der Waals surface area (Å²) in [4.78, 5) is 0. The zero-order valence-electron chi connectivity index (χ0n) is 25.5. The Morgan fingerprint density at radius 3 is 1.53 bits per heavy atom. The molecule has 0 amide bonds. The largest absolute Gasteiger partial charge is 0.458 e. The minimum atomic E-state index is 0.0384. The van der Waals surface area contributed by atoms with E-state index in [1.807, 2.05) is 6.07 Å². The van der Waals surface area contributed by atoms with E-state index < -0.39 is 0 Å². The van der Waals surface area contributed by atoms with E-state index in [1.54, 1.807) is 0 Å². The maximum Gasteiger partial charge on any atom is 0.260 e. The molecule has 10 rings (SSSR count). The van der Waals surface area contributed by atoms with Gasteiger partial charge in [0.25, 0.3) is 6.71 Å². The van der Waals surface area contributed by atoms with E-state index in [-0.39, 0.29) is 6.71 Å².